The number of aromatic nitrogens is 1. The molecule has 0 spiro atoms. The normalized spacial score (nSPS) is 14.1. The summed E-state index contributed by atoms with van der Waals surface area (Å²) in [5, 5.41) is 0.637. The molecule has 9 heteroatoms. The van der Waals surface area contributed by atoms with Crippen LogP contribution in [0.15, 0.2) is 36.4 Å². The van der Waals surface area contributed by atoms with Crippen molar-refractivity contribution in [3.63, 3.8) is 0 Å². The van der Waals surface area contributed by atoms with E-state index in [1.165, 1.54) is 11.3 Å². The molecule has 0 saturated carbocycles. The number of carbonyl (C=O) groups is 1. The highest BCUT2D eigenvalue weighted by Crippen LogP contribution is 2.40. The molecule has 0 radical (unpaired) electrons. The lowest BCUT2D eigenvalue weighted by atomic mass is 10.1. The van der Waals surface area contributed by atoms with Crippen molar-refractivity contribution in [2.75, 3.05) is 58.5 Å². The standard InChI is InChI=1S/C23H27N3O4S.ClH/c1-16-5-4-6-17(15-16)22(27)26(10-9-25-11-13-30-14-12-25)23-24-20-18(28-2)7-8-19(29-3)21(20)31-23;/h4-8,15H,9-14H2,1-3H3;1H. The van der Waals surface area contributed by atoms with Crippen molar-refractivity contribution in [3.8, 4) is 11.5 Å². The zero-order valence-corrected chi connectivity index (χ0v) is 20.1. The first-order valence-electron chi connectivity index (χ1n) is 10.3. The van der Waals surface area contributed by atoms with Crippen LogP contribution in [0.2, 0.25) is 0 Å². The molecule has 4 rings (SSSR count). The van der Waals surface area contributed by atoms with Gasteiger partial charge in [-0.2, -0.15) is 0 Å². The maximum absolute atomic E-state index is 13.5. The maximum atomic E-state index is 13.5. The van der Waals surface area contributed by atoms with Crippen LogP contribution in [0.5, 0.6) is 11.5 Å². The lowest BCUT2D eigenvalue weighted by molar-refractivity contribution is 0.0391. The van der Waals surface area contributed by atoms with E-state index in [1.54, 1.807) is 19.1 Å². The lowest BCUT2D eigenvalue weighted by Crippen LogP contribution is -2.43. The number of fused-ring (bicyclic) bond motifs is 1. The zero-order valence-electron chi connectivity index (χ0n) is 18.5. The number of morpholine rings is 1. The molecule has 1 aromatic heterocycles. The Morgan fingerprint density at radius 3 is 2.56 bits per heavy atom. The van der Waals surface area contributed by atoms with Crippen LogP contribution in [0, 0.1) is 6.92 Å². The highest BCUT2D eigenvalue weighted by molar-refractivity contribution is 7.22. The number of ether oxygens (including phenoxy) is 3. The third-order valence-corrected chi connectivity index (χ3v) is 6.48. The van der Waals surface area contributed by atoms with Crippen molar-refractivity contribution in [3.05, 3.63) is 47.5 Å². The van der Waals surface area contributed by atoms with Crippen LogP contribution < -0.4 is 14.4 Å². The molecule has 2 aromatic carbocycles. The molecule has 1 aliphatic heterocycles. The number of hydrogen-bond donors (Lipinski definition) is 0. The second-order valence-electron chi connectivity index (χ2n) is 7.42. The number of aryl methyl sites for hydroxylation is 1. The van der Waals surface area contributed by atoms with Gasteiger partial charge in [-0.1, -0.05) is 29.0 Å². The fourth-order valence-electron chi connectivity index (χ4n) is 3.67. The summed E-state index contributed by atoms with van der Waals surface area (Å²) < 4.78 is 17.3. The summed E-state index contributed by atoms with van der Waals surface area (Å²) in [6.07, 6.45) is 0. The Hall–Kier alpha value is -2.39. The summed E-state index contributed by atoms with van der Waals surface area (Å²) in [7, 11) is 3.25. The number of anilines is 1. The Labute approximate surface area is 198 Å². The Morgan fingerprint density at radius 1 is 1.16 bits per heavy atom. The van der Waals surface area contributed by atoms with E-state index in [0.717, 1.165) is 48.9 Å². The van der Waals surface area contributed by atoms with Gasteiger partial charge in [-0.3, -0.25) is 14.6 Å². The molecule has 172 valence electrons. The van der Waals surface area contributed by atoms with E-state index in [4.69, 9.17) is 19.2 Å². The summed E-state index contributed by atoms with van der Waals surface area (Å²) in [6, 6.07) is 11.4. The Morgan fingerprint density at radius 2 is 1.88 bits per heavy atom. The minimum atomic E-state index is -0.0612. The van der Waals surface area contributed by atoms with Crippen LogP contribution in [0.1, 0.15) is 15.9 Å². The Kier molecular flexibility index (Phi) is 8.31. The van der Waals surface area contributed by atoms with Crippen LogP contribution in [0.3, 0.4) is 0 Å². The summed E-state index contributed by atoms with van der Waals surface area (Å²) >= 11 is 1.45. The monoisotopic (exact) mass is 477 g/mol. The Balaban J connectivity index is 0.00000289. The molecular weight excluding hydrogens is 450 g/mol. The van der Waals surface area contributed by atoms with Gasteiger partial charge in [0.05, 0.1) is 27.4 Å². The summed E-state index contributed by atoms with van der Waals surface area (Å²) in [4.78, 5) is 22.4. The van der Waals surface area contributed by atoms with Crippen LogP contribution in [0.25, 0.3) is 10.2 Å². The molecule has 0 atom stereocenters. The largest absolute Gasteiger partial charge is 0.495 e. The van der Waals surface area contributed by atoms with Crippen molar-refractivity contribution >= 4 is 45.0 Å². The fourth-order valence-corrected chi connectivity index (χ4v) is 4.77. The molecule has 1 fully saturated rings. The predicted molar refractivity (Wildman–Crippen MR) is 130 cm³/mol. The quantitative estimate of drug-likeness (QED) is 0.512. The molecule has 3 aromatic rings. The maximum Gasteiger partial charge on any atom is 0.260 e. The average molecular weight is 478 g/mol. The van der Waals surface area contributed by atoms with Gasteiger partial charge in [0.25, 0.3) is 5.91 Å². The first-order valence-corrected chi connectivity index (χ1v) is 11.1. The van der Waals surface area contributed by atoms with E-state index in [1.807, 2.05) is 43.3 Å². The zero-order chi connectivity index (χ0) is 21.8. The van der Waals surface area contributed by atoms with Crippen LogP contribution in [-0.2, 0) is 4.74 Å². The van der Waals surface area contributed by atoms with E-state index in [9.17, 15) is 4.79 Å². The third kappa shape index (κ3) is 5.15. The number of carbonyl (C=O) groups excluding carboxylic acids is 1. The van der Waals surface area contributed by atoms with E-state index in [2.05, 4.69) is 4.90 Å². The van der Waals surface area contributed by atoms with Gasteiger partial charge in [-0.25, -0.2) is 4.98 Å². The van der Waals surface area contributed by atoms with Crippen molar-refractivity contribution in [2.45, 2.75) is 6.92 Å². The molecule has 0 bridgehead atoms. The first kappa shape index (κ1) is 24.3. The fraction of sp³-hybridized carbons (Fsp3) is 0.391. The molecule has 1 saturated heterocycles. The molecular formula is C23H28ClN3O4S. The van der Waals surface area contributed by atoms with Crippen LogP contribution in [0.4, 0.5) is 5.13 Å². The molecule has 1 aliphatic rings. The minimum Gasteiger partial charge on any atom is -0.495 e. The number of halogens is 1. The number of thiazole rings is 1. The van der Waals surface area contributed by atoms with Gasteiger partial charge < -0.3 is 14.2 Å². The molecule has 2 heterocycles. The van der Waals surface area contributed by atoms with Crippen molar-refractivity contribution in [2.24, 2.45) is 0 Å². The number of rotatable bonds is 7. The van der Waals surface area contributed by atoms with E-state index >= 15 is 0 Å². The second-order valence-corrected chi connectivity index (χ2v) is 8.40. The van der Waals surface area contributed by atoms with Crippen LogP contribution in [-0.4, -0.2) is 69.4 Å². The summed E-state index contributed by atoms with van der Waals surface area (Å²) in [5.74, 6) is 1.32. The Bertz CT molecular complexity index is 1030. The van der Waals surface area contributed by atoms with Crippen molar-refractivity contribution in [1.82, 2.24) is 9.88 Å². The third-order valence-electron chi connectivity index (χ3n) is 5.38. The molecule has 0 aliphatic carbocycles. The molecule has 7 nitrogen and oxygen atoms in total. The van der Waals surface area contributed by atoms with Gasteiger partial charge in [-0.15, -0.1) is 12.4 Å². The molecule has 0 unspecified atom stereocenters. The summed E-state index contributed by atoms with van der Waals surface area (Å²) in [6.45, 7) is 6.47. The number of methoxy groups -OCH3 is 2. The van der Waals surface area contributed by atoms with Gasteiger partial charge in [0, 0.05) is 31.7 Å². The molecule has 32 heavy (non-hydrogen) atoms. The number of amides is 1. The number of hydrogen-bond acceptors (Lipinski definition) is 7. The van der Waals surface area contributed by atoms with Gasteiger partial charge in [0.1, 0.15) is 21.7 Å². The van der Waals surface area contributed by atoms with Gasteiger partial charge >= 0.3 is 0 Å². The smallest absolute Gasteiger partial charge is 0.260 e. The van der Waals surface area contributed by atoms with Crippen molar-refractivity contribution in [1.29, 1.82) is 0 Å². The lowest BCUT2D eigenvalue weighted by Gasteiger charge is -2.29. The first-order chi connectivity index (χ1) is 15.1. The number of benzene rings is 2. The van der Waals surface area contributed by atoms with E-state index < -0.39 is 0 Å². The topological polar surface area (TPSA) is 64.1 Å². The second kappa shape index (κ2) is 11.0. The number of nitrogens with zero attached hydrogens (tertiary/aromatic N) is 3. The molecule has 0 N–H and O–H groups in total. The van der Waals surface area contributed by atoms with Gasteiger partial charge in [-0.05, 0) is 31.2 Å². The minimum absolute atomic E-state index is 0. The average Bonchev–Trinajstić information content (AvgIpc) is 3.24. The van der Waals surface area contributed by atoms with Gasteiger partial charge in [0.2, 0.25) is 0 Å². The SMILES string of the molecule is COc1ccc(OC)c2sc(N(CCN3CCOCC3)C(=O)c3cccc(C)c3)nc12.Cl. The summed E-state index contributed by atoms with van der Waals surface area (Å²) in [5.41, 5.74) is 2.40. The van der Waals surface area contributed by atoms with E-state index in [0.29, 0.717) is 28.5 Å². The van der Waals surface area contributed by atoms with Crippen molar-refractivity contribution < 1.29 is 19.0 Å². The highest BCUT2D eigenvalue weighted by Gasteiger charge is 2.24. The van der Waals surface area contributed by atoms with Crippen LogP contribution >= 0.6 is 23.7 Å². The van der Waals surface area contributed by atoms with Gasteiger partial charge in [0.15, 0.2) is 5.13 Å². The van der Waals surface area contributed by atoms with E-state index in [-0.39, 0.29) is 18.3 Å². The predicted octanol–water partition coefficient (Wildman–Crippen LogP) is 4.02. The highest BCUT2D eigenvalue weighted by atomic mass is 35.5. The molecule has 1 amide bonds.